The molecule has 2 amide bonds. The number of carbonyl (C=O) groups is 2. The Morgan fingerprint density at radius 2 is 1.73 bits per heavy atom. The molecule has 2 aliphatic rings. The first-order chi connectivity index (χ1) is 19.2. The number of aliphatic hydroxyl groups is 2. The van der Waals surface area contributed by atoms with Gasteiger partial charge in [-0.15, -0.1) is 0 Å². The number of nitrogens with zero attached hydrogens (tertiary/aromatic N) is 1. The molecule has 2 heterocycles. The van der Waals surface area contributed by atoms with E-state index in [1.165, 1.54) is 24.3 Å². The second-order valence-corrected chi connectivity index (χ2v) is 12.9. The third kappa shape index (κ3) is 7.94. The van der Waals surface area contributed by atoms with Crippen LogP contribution in [-0.4, -0.2) is 77.4 Å². The zero-order valence-electron chi connectivity index (χ0n) is 23.2. The summed E-state index contributed by atoms with van der Waals surface area (Å²) >= 11 is 12.2. The molecule has 0 aliphatic carbocycles. The van der Waals surface area contributed by atoms with Gasteiger partial charge in [0.25, 0.3) is 0 Å². The Morgan fingerprint density at radius 3 is 2.37 bits per heavy atom. The number of fused-ring (bicyclic) bond motifs is 1. The van der Waals surface area contributed by atoms with Gasteiger partial charge in [-0.2, -0.15) is 0 Å². The largest absolute Gasteiger partial charge is 0.389 e. The first kappa shape index (κ1) is 31.6. The standard InChI is InChI=1S/C29H36Cl2F2N4O4/c1-29(2,3)12-17-8-16-10-21(33)19(31)11-22(16)36-27(40)25(15-4-5-20(32)18(30)9-15)26(35-17)28(41)34-6-7-37-13-23(38)24(39)14-37/h4-5,9-11,17,23-26,35,38-39H,6-8,12-14H2,1-3H3,(H,34,41)(H,36,40)/t17-,23-,24+,25?,26+/m0/s1. The summed E-state index contributed by atoms with van der Waals surface area (Å²) in [6.45, 7) is 7.25. The van der Waals surface area contributed by atoms with Gasteiger partial charge in [0.1, 0.15) is 17.7 Å². The molecule has 0 spiro atoms. The van der Waals surface area contributed by atoms with Gasteiger partial charge in [0, 0.05) is 37.9 Å². The molecule has 5 N–H and O–H groups in total. The van der Waals surface area contributed by atoms with Gasteiger partial charge in [0.15, 0.2) is 0 Å². The van der Waals surface area contributed by atoms with Gasteiger partial charge in [0.05, 0.1) is 28.2 Å². The maximum absolute atomic E-state index is 14.5. The van der Waals surface area contributed by atoms with E-state index in [4.69, 9.17) is 23.2 Å². The summed E-state index contributed by atoms with van der Waals surface area (Å²) in [5.41, 5.74) is 0.970. The van der Waals surface area contributed by atoms with E-state index in [0.29, 0.717) is 36.2 Å². The molecule has 1 fully saturated rings. The molecule has 0 saturated carbocycles. The minimum Gasteiger partial charge on any atom is -0.389 e. The maximum Gasteiger partial charge on any atom is 0.238 e. The highest BCUT2D eigenvalue weighted by Gasteiger charge is 2.39. The Morgan fingerprint density at radius 1 is 1.07 bits per heavy atom. The fourth-order valence-electron chi connectivity index (χ4n) is 5.53. The van der Waals surface area contributed by atoms with Crippen LogP contribution in [0.4, 0.5) is 14.5 Å². The number of hydrogen-bond acceptors (Lipinski definition) is 6. The number of halogens is 4. The highest BCUT2D eigenvalue weighted by molar-refractivity contribution is 6.31. The van der Waals surface area contributed by atoms with E-state index in [2.05, 4.69) is 16.0 Å². The summed E-state index contributed by atoms with van der Waals surface area (Å²) in [7, 11) is 0. The lowest BCUT2D eigenvalue weighted by Crippen LogP contribution is -2.55. The predicted octanol–water partition coefficient (Wildman–Crippen LogP) is 3.47. The lowest BCUT2D eigenvalue weighted by atomic mass is 9.84. The van der Waals surface area contributed by atoms with Crippen LogP contribution in [0.5, 0.6) is 0 Å². The van der Waals surface area contributed by atoms with Crippen molar-refractivity contribution < 1.29 is 28.6 Å². The minimum atomic E-state index is -1.14. The monoisotopic (exact) mass is 612 g/mol. The fourth-order valence-corrected chi connectivity index (χ4v) is 5.89. The number of carbonyl (C=O) groups excluding carboxylic acids is 2. The molecular weight excluding hydrogens is 577 g/mol. The molecule has 41 heavy (non-hydrogen) atoms. The normalized spacial score (nSPS) is 25.6. The first-order valence-corrected chi connectivity index (χ1v) is 14.3. The molecule has 1 saturated heterocycles. The van der Waals surface area contributed by atoms with Crippen molar-refractivity contribution >= 4 is 40.7 Å². The second kappa shape index (κ2) is 12.9. The lowest BCUT2D eigenvalue weighted by Gasteiger charge is -2.33. The van der Waals surface area contributed by atoms with Gasteiger partial charge >= 0.3 is 0 Å². The number of rotatable bonds is 6. The van der Waals surface area contributed by atoms with Crippen LogP contribution in [0.25, 0.3) is 0 Å². The average Bonchev–Trinajstić information content (AvgIpc) is 3.20. The van der Waals surface area contributed by atoms with Crippen molar-refractivity contribution in [3.05, 3.63) is 63.1 Å². The molecule has 1 unspecified atom stereocenters. The van der Waals surface area contributed by atoms with Crippen molar-refractivity contribution in [2.24, 2.45) is 5.41 Å². The molecule has 5 atom stereocenters. The summed E-state index contributed by atoms with van der Waals surface area (Å²) < 4.78 is 28.6. The van der Waals surface area contributed by atoms with Crippen LogP contribution in [0, 0.1) is 17.0 Å². The molecule has 4 rings (SSSR count). The number of aliphatic hydroxyl groups excluding tert-OH is 2. The zero-order valence-corrected chi connectivity index (χ0v) is 24.7. The first-order valence-electron chi connectivity index (χ1n) is 13.6. The van der Waals surface area contributed by atoms with Crippen LogP contribution in [-0.2, 0) is 16.0 Å². The van der Waals surface area contributed by atoms with Crippen molar-refractivity contribution in [1.29, 1.82) is 0 Å². The van der Waals surface area contributed by atoms with Gasteiger partial charge < -0.3 is 26.2 Å². The summed E-state index contributed by atoms with van der Waals surface area (Å²) in [6.07, 6.45) is -0.826. The Kier molecular flexibility index (Phi) is 9.93. The van der Waals surface area contributed by atoms with Crippen molar-refractivity contribution in [3.63, 3.8) is 0 Å². The van der Waals surface area contributed by atoms with Crippen molar-refractivity contribution in [2.75, 3.05) is 31.5 Å². The SMILES string of the molecule is CC(C)(C)C[C@@H]1Cc2cc(F)c(Cl)cc2NC(=O)C(c2ccc(F)c(Cl)c2)[C@H](C(=O)NCCN2C[C@@H](O)[C@@H](O)C2)N1. The summed E-state index contributed by atoms with van der Waals surface area (Å²) in [5.74, 6) is -3.48. The third-order valence-electron chi connectivity index (χ3n) is 7.41. The number of likely N-dealkylation sites (tertiary alicyclic amines) is 1. The smallest absolute Gasteiger partial charge is 0.238 e. The van der Waals surface area contributed by atoms with E-state index < -0.39 is 47.6 Å². The lowest BCUT2D eigenvalue weighted by molar-refractivity contribution is -0.128. The quantitative estimate of drug-likeness (QED) is 0.341. The number of benzene rings is 2. The summed E-state index contributed by atoms with van der Waals surface area (Å²) in [6, 6.07) is 5.06. The van der Waals surface area contributed by atoms with Gasteiger partial charge in [-0.1, -0.05) is 50.0 Å². The summed E-state index contributed by atoms with van der Waals surface area (Å²) in [5, 5.41) is 28.4. The minimum absolute atomic E-state index is 0.156. The topological polar surface area (TPSA) is 114 Å². The highest BCUT2D eigenvalue weighted by Crippen LogP contribution is 2.34. The zero-order chi connectivity index (χ0) is 30.1. The van der Waals surface area contributed by atoms with Crippen LogP contribution in [0.2, 0.25) is 10.0 Å². The van der Waals surface area contributed by atoms with Crippen LogP contribution >= 0.6 is 23.2 Å². The van der Waals surface area contributed by atoms with E-state index in [1.807, 2.05) is 25.7 Å². The molecule has 12 heteroatoms. The van der Waals surface area contributed by atoms with Gasteiger partial charge in [-0.25, -0.2) is 8.78 Å². The van der Waals surface area contributed by atoms with E-state index in [9.17, 15) is 28.6 Å². The van der Waals surface area contributed by atoms with Crippen molar-refractivity contribution in [1.82, 2.24) is 15.5 Å². The van der Waals surface area contributed by atoms with Crippen LogP contribution in [0.3, 0.4) is 0 Å². The van der Waals surface area contributed by atoms with Crippen LogP contribution in [0.15, 0.2) is 30.3 Å². The average molecular weight is 614 g/mol. The number of amides is 2. The molecule has 0 bridgehead atoms. The second-order valence-electron chi connectivity index (χ2n) is 12.1. The predicted molar refractivity (Wildman–Crippen MR) is 154 cm³/mol. The number of anilines is 1. The van der Waals surface area contributed by atoms with Gasteiger partial charge in [0.2, 0.25) is 11.8 Å². The molecule has 2 aliphatic heterocycles. The van der Waals surface area contributed by atoms with Crippen LogP contribution in [0.1, 0.15) is 44.2 Å². The number of β-amino-alcohol motifs (C(OH)–C–C–N with tert-alkyl or cyclic N) is 2. The van der Waals surface area contributed by atoms with Gasteiger partial charge in [-0.05, 0) is 53.6 Å². The Balaban J connectivity index is 1.71. The molecule has 224 valence electrons. The van der Waals surface area contributed by atoms with E-state index >= 15 is 0 Å². The molecule has 0 radical (unpaired) electrons. The van der Waals surface area contributed by atoms with Crippen molar-refractivity contribution in [2.45, 2.75) is 63.8 Å². The van der Waals surface area contributed by atoms with Gasteiger partial charge in [-0.3, -0.25) is 14.5 Å². The Labute approximate surface area is 248 Å². The van der Waals surface area contributed by atoms with E-state index in [0.717, 1.165) is 6.07 Å². The van der Waals surface area contributed by atoms with Crippen LogP contribution < -0.4 is 16.0 Å². The number of hydrogen-bond donors (Lipinski definition) is 5. The fraction of sp³-hybridized carbons (Fsp3) is 0.517. The molecule has 2 aromatic carbocycles. The molecular formula is C29H36Cl2F2N4O4. The van der Waals surface area contributed by atoms with E-state index in [1.54, 1.807) is 0 Å². The Bertz CT molecular complexity index is 1280. The molecule has 0 aromatic heterocycles. The third-order valence-corrected chi connectivity index (χ3v) is 7.99. The summed E-state index contributed by atoms with van der Waals surface area (Å²) in [4.78, 5) is 29.5. The van der Waals surface area contributed by atoms with Crippen molar-refractivity contribution in [3.8, 4) is 0 Å². The molecule has 2 aromatic rings. The Hall–Kier alpha value is -2.34. The molecule has 8 nitrogen and oxygen atoms in total. The van der Waals surface area contributed by atoms with E-state index in [-0.39, 0.29) is 41.1 Å². The maximum atomic E-state index is 14.5. The number of nitrogens with one attached hydrogen (secondary N) is 3. The highest BCUT2D eigenvalue weighted by atomic mass is 35.5.